The Kier molecular flexibility index (Phi) is 3.62. The number of fused-ring (bicyclic) bond motifs is 2. The minimum atomic E-state index is -0.406. The van der Waals surface area contributed by atoms with Crippen LogP contribution in [0.15, 0.2) is 48.5 Å². The standard InChI is InChI=1S/C19H13NO4S/c1-2-24-19(23)16-10-13-14(8-5-9-15(13)25-16)20-17(21)11-6-3-4-7-12(11)18(20)22/h3-10H,2H2,1H3. The number of esters is 1. The van der Waals surface area contributed by atoms with Crippen LogP contribution in [0.2, 0.25) is 0 Å². The Morgan fingerprint density at radius 1 is 1.04 bits per heavy atom. The lowest BCUT2D eigenvalue weighted by molar-refractivity contribution is 0.0532. The first-order valence-corrected chi connectivity index (χ1v) is 8.61. The zero-order chi connectivity index (χ0) is 17.6. The Bertz CT molecular complexity index is 1000. The van der Waals surface area contributed by atoms with Crippen molar-refractivity contribution in [2.75, 3.05) is 11.5 Å². The van der Waals surface area contributed by atoms with Crippen LogP contribution in [0.5, 0.6) is 0 Å². The van der Waals surface area contributed by atoms with E-state index in [2.05, 4.69) is 0 Å². The molecule has 25 heavy (non-hydrogen) atoms. The van der Waals surface area contributed by atoms with Crippen molar-refractivity contribution in [3.63, 3.8) is 0 Å². The second-order valence-corrected chi connectivity index (χ2v) is 6.60. The number of amides is 2. The van der Waals surface area contributed by atoms with Crippen molar-refractivity contribution in [2.24, 2.45) is 0 Å². The van der Waals surface area contributed by atoms with Crippen molar-refractivity contribution in [3.05, 3.63) is 64.5 Å². The smallest absolute Gasteiger partial charge is 0.348 e. The van der Waals surface area contributed by atoms with Crippen molar-refractivity contribution < 1.29 is 19.1 Å². The summed E-state index contributed by atoms with van der Waals surface area (Å²) in [6.07, 6.45) is 0. The van der Waals surface area contributed by atoms with Gasteiger partial charge in [0.05, 0.1) is 23.4 Å². The van der Waals surface area contributed by atoms with E-state index in [1.54, 1.807) is 49.4 Å². The van der Waals surface area contributed by atoms with Gasteiger partial charge in [0.1, 0.15) is 4.88 Å². The van der Waals surface area contributed by atoms with Crippen LogP contribution in [0.3, 0.4) is 0 Å². The number of nitrogens with zero attached hydrogens (tertiary/aromatic N) is 1. The topological polar surface area (TPSA) is 63.7 Å². The summed E-state index contributed by atoms with van der Waals surface area (Å²) in [5.74, 6) is -1.11. The van der Waals surface area contributed by atoms with Gasteiger partial charge < -0.3 is 4.74 Å². The first-order chi connectivity index (χ1) is 12.1. The molecule has 0 saturated heterocycles. The van der Waals surface area contributed by atoms with E-state index < -0.39 is 5.97 Å². The van der Waals surface area contributed by atoms with Gasteiger partial charge in [0.15, 0.2) is 0 Å². The number of thiophene rings is 1. The highest BCUT2D eigenvalue weighted by molar-refractivity contribution is 7.20. The van der Waals surface area contributed by atoms with E-state index in [4.69, 9.17) is 4.74 Å². The molecule has 1 aliphatic rings. The van der Waals surface area contributed by atoms with Gasteiger partial charge in [0, 0.05) is 10.1 Å². The second-order valence-electron chi connectivity index (χ2n) is 5.51. The molecule has 1 aliphatic heterocycles. The van der Waals surface area contributed by atoms with E-state index in [-0.39, 0.29) is 11.8 Å². The number of rotatable bonds is 3. The summed E-state index contributed by atoms with van der Waals surface area (Å²) < 4.78 is 5.86. The van der Waals surface area contributed by atoms with Gasteiger partial charge in [-0.15, -0.1) is 11.3 Å². The van der Waals surface area contributed by atoms with Gasteiger partial charge in [-0.2, -0.15) is 0 Å². The van der Waals surface area contributed by atoms with Crippen molar-refractivity contribution in [3.8, 4) is 0 Å². The lowest BCUT2D eigenvalue weighted by Gasteiger charge is -2.15. The zero-order valence-corrected chi connectivity index (χ0v) is 14.1. The van der Waals surface area contributed by atoms with Gasteiger partial charge in [-0.1, -0.05) is 18.2 Å². The summed E-state index contributed by atoms with van der Waals surface area (Å²) in [6, 6.07) is 13.8. The minimum absolute atomic E-state index is 0.290. The molecule has 0 atom stereocenters. The van der Waals surface area contributed by atoms with Gasteiger partial charge in [-0.05, 0) is 37.3 Å². The van der Waals surface area contributed by atoms with Crippen molar-refractivity contribution >= 4 is 44.9 Å². The third-order valence-corrected chi connectivity index (χ3v) is 5.13. The Morgan fingerprint density at radius 3 is 2.36 bits per heavy atom. The van der Waals surface area contributed by atoms with Crippen molar-refractivity contribution in [1.29, 1.82) is 0 Å². The van der Waals surface area contributed by atoms with Crippen LogP contribution < -0.4 is 4.90 Å². The fraction of sp³-hybridized carbons (Fsp3) is 0.105. The molecule has 0 fully saturated rings. The summed E-state index contributed by atoms with van der Waals surface area (Å²) in [7, 11) is 0. The molecule has 0 saturated carbocycles. The lowest BCUT2D eigenvalue weighted by atomic mass is 10.1. The third kappa shape index (κ3) is 2.34. The molecule has 124 valence electrons. The molecule has 2 amide bonds. The molecule has 6 heteroatoms. The number of anilines is 1. The summed E-state index contributed by atoms with van der Waals surface area (Å²) >= 11 is 1.28. The molecule has 0 spiro atoms. The first kappa shape index (κ1) is 15.5. The Hall–Kier alpha value is -2.99. The normalized spacial score (nSPS) is 13.4. The molecular formula is C19H13NO4S. The molecule has 3 aromatic rings. The fourth-order valence-corrected chi connectivity index (χ4v) is 3.93. The fourth-order valence-electron chi connectivity index (χ4n) is 2.95. The number of hydrogen-bond acceptors (Lipinski definition) is 5. The average Bonchev–Trinajstić information content (AvgIpc) is 3.16. The molecule has 2 heterocycles. The van der Waals surface area contributed by atoms with Crippen LogP contribution in [0.25, 0.3) is 10.1 Å². The van der Waals surface area contributed by atoms with Gasteiger partial charge in [-0.3, -0.25) is 9.59 Å². The zero-order valence-electron chi connectivity index (χ0n) is 13.3. The van der Waals surface area contributed by atoms with E-state index in [1.165, 1.54) is 16.2 Å². The molecule has 2 aromatic carbocycles. The average molecular weight is 351 g/mol. The maximum Gasteiger partial charge on any atom is 0.348 e. The van der Waals surface area contributed by atoms with Crippen LogP contribution in [-0.2, 0) is 4.74 Å². The Labute approximate surface area is 147 Å². The Balaban J connectivity index is 1.84. The number of carbonyl (C=O) groups is 3. The summed E-state index contributed by atoms with van der Waals surface area (Å²) in [5, 5.41) is 0.685. The SMILES string of the molecule is CCOC(=O)c1cc2c(N3C(=O)c4ccccc4C3=O)cccc2s1. The van der Waals surface area contributed by atoms with Crippen molar-refractivity contribution in [1.82, 2.24) is 0 Å². The van der Waals surface area contributed by atoms with E-state index in [0.717, 1.165) is 4.70 Å². The molecule has 1 aromatic heterocycles. The van der Waals surface area contributed by atoms with Gasteiger partial charge >= 0.3 is 5.97 Å². The molecule has 0 unspecified atom stereocenters. The maximum absolute atomic E-state index is 12.7. The van der Waals surface area contributed by atoms with Crippen LogP contribution in [-0.4, -0.2) is 24.4 Å². The number of hydrogen-bond donors (Lipinski definition) is 0. The molecule has 5 nitrogen and oxygen atoms in total. The highest BCUT2D eigenvalue weighted by atomic mass is 32.1. The van der Waals surface area contributed by atoms with E-state index in [9.17, 15) is 14.4 Å². The molecule has 4 rings (SSSR count). The quantitative estimate of drug-likeness (QED) is 0.531. The number of imide groups is 1. The van der Waals surface area contributed by atoms with Crippen LogP contribution >= 0.6 is 11.3 Å². The minimum Gasteiger partial charge on any atom is -0.462 e. The summed E-state index contributed by atoms with van der Waals surface area (Å²) in [4.78, 5) is 39.0. The molecule has 0 bridgehead atoms. The van der Waals surface area contributed by atoms with Gasteiger partial charge in [0.2, 0.25) is 0 Å². The summed E-state index contributed by atoms with van der Waals surface area (Å²) in [5.41, 5.74) is 1.27. The van der Waals surface area contributed by atoms with Crippen LogP contribution in [0.4, 0.5) is 5.69 Å². The van der Waals surface area contributed by atoms with Gasteiger partial charge in [-0.25, -0.2) is 9.69 Å². The number of benzene rings is 2. The number of carbonyl (C=O) groups excluding carboxylic acids is 3. The van der Waals surface area contributed by atoms with Crippen molar-refractivity contribution in [2.45, 2.75) is 6.92 Å². The first-order valence-electron chi connectivity index (χ1n) is 7.79. The monoisotopic (exact) mass is 351 g/mol. The predicted octanol–water partition coefficient (Wildman–Crippen LogP) is 3.88. The van der Waals surface area contributed by atoms with Crippen LogP contribution in [0.1, 0.15) is 37.3 Å². The third-order valence-electron chi connectivity index (χ3n) is 4.05. The molecule has 0 aliphatic carbocycles. The number of ether oxygens (including phenoxy) is 1. The van der Waals surface area contributed by atoms with Crippen LogP contribution in [0, 0.1) is 0 Å². The molecule has 0 N–H and O–H groups in total. The highest BCUT2D eigenvalue weighted by Gasteiger charge is 2.37. The van der Waals surface area contributed by atoms with E-state index in [1.807, 2.05) is 6.07 Å². The maximum atomic E-state index is 12.7. The van der Waals surface area contributed by atoms with E-state index in [0.29, 0.717) is 33.7 Å². The Morgan fingerprint density at radius 2 is 1.72 bits per heavy atom. The lowest BCUT2D eigenvalue weighted by Crippen LogP contribution is -2.29. The molecular weight excluding hydrogens is 338 g/mol. The largest absolute Gasteiger partial charge is 0.462 e. The van der Waals surface area contributed by atoms with E-state index >= 15 is 0 Å². The predicted molar refractivity (Wildman–Crippen MR) is 95.4 cm³/mol. The highest BCUT2D eigenvalue weighted by Crippen LogP contribution is 2.37. The molecule has 0 radical (unpaired) electrons. The van der Waals surface area contributed by atoms with Gasteiger partial charge in [0.25, 0.3) is 11.8 Å². The second kappa shape index (κ2) is 5.82. The summed E-state index contributed by atoms with van der Waals surface area (Å²) in [6.45, 7) is 2.04.